The first-order valence-corrected chi connectivity index (χ1v) is 9.49. The van der Waals surface area contributed by atoms with Crippen molar-refractivity contribution < 1.29 is 13.2 Å². The van der Waals surface area contributed by atoms with Crippen molar-refractivity contribution in [2.24, 2.45) is 5.92 Å². The highest BCUT2D eigenvalue weighted by Gasteiger charge is 2.22. The zero-order chi connectivity index (χ0) is 14.9. The van der Waals surface area contributed by atoms with Crippen LogP contribution in [0, 0.1) is 5.92 Å². The van der Waals surface area contributed by atoms with Crippen LogP contribution in [0.2, 0.25) is 5.02 Å². The molecule has 0 unspecified atom stereocenters. The van der Waals surface area contributed by atoms with Crippen LogP contribution in [0.4, 0.5) is 0 Å². The van der Waals surface area contributed by atoms with E-state index in [0.717, 1.165) is 6.42 Å². The predicted octanol–water partition coefficient (Wildman–Crippen LogP) is 3.56. The van der Waals surface area contributed by atoms with Gasteiger partial charge >= 0.3 is 0 Å². The molecule has 0 bridgehead atoms. The quantitative estimate of drug-likeness (QED) is 0.768. The van der Waals surface area contributed by atoms with Crippen LogP contribution in [-0.4, -0.2) is 20.9 Å². The van der Waals surface area contributed by atoms with Crippen LogP contribution < -0.4 is 5.32 Å². The number of hydrogen-bond donors (Lipinski definition) is 1. The molecule has 0 heterocycles. The van der Waals surface area contributed by atoms with Gasteiger partial charge < -0.3 is 5.32 Å². The lowest BCUT2D eigenvalue weighted by molar-refractivity contribution is 0.0952. The maximum Gasteiger partial charge on any atom is 0.262 e. The molecule has 1 aliphatic carbocycles. The van der Waals surface area contributed by atoms with E-state index >= 15 is 0 Å². The van der Waals surface area contributed by atoms with E-state index in [4.69, 9.17) is 22.3 Å². The molecule has 1 saturated carbocycles. The Bertz CT molecular complexity index is 644. The van der Waals surface area contributed by atoms with E-state index in [-0.39, 0.29) is 20.0 Å². The fraction of sp³-hybridized carbons (Fsp3) is 0.417. The Hall–Kier alpha value is -0.300. The molecule has 1 aliphatic rings. The molecule has 1 N–H and O–H groups in total. The van der Waals surface area contributed by atoms with Gasteiger partial charge in [0.25, 0.3) is 15.0 Å². The van der Waals surface area contributed by atoms with Crippen molar-refractivity contribution in [3.8, 4) is 0 Å². The zero-order valence-electron chi connectivity index (χ0n) is 10.3. The molecule has 2 rings (SSSR count). The second kappa shape index (κ2) is 6.22. The summed E-state index contributed by atoms with van der Waals surface area (Å²) in [6.07, 6.45) is 3.35. The minimum absolute atomic E-state index is 0.102. The topological polar surface area (TPSA) is 63.2 Å². The summed E-state index contributed by atoms with van der Waals surface area (Å²) in [5, 5.41) is 2.90. The average Bonchev–Trinajstić information content (AvgIpc) is 3.11. The summed E-state index contributed by atoms with van der Waals surface area (Å²) in [5.74, 6) is 0.305. The third kappa shape index (κ3) is 4.10. The Morgan fingerprint density at radius 2 is 2.05 bits per heavy atom. The Kier molecular flexibility index (Phi) is 5.00. The van der Waals surface area contributed by atoms with Crippen LogP contribution in [0.5, 0.6) is 0 Å². The lowest BCUT2D eigenvalue weighted by Gasteiger charge is -2.09. The van der Waals surface area contributed by atoms with Gasteiger partial charge in [0.15, 0.2) is 0 Å². The predicted molar refractivity (Wildman–Crippen MR) is 81.9 cm³/mol. The fourth-order valence-electron chi connectivity index (χ4n) is 1.78. The van der Waals surface area contributed by atoms with Crippen LogP contribution in [0.3, 0.4) is 0 Å². The SMILES string of the molecule is O=C(NCCC1CC1)c1cc(S(=O)(=O)Cl)c(Br)cc1Cl. The van der Waals surface area contributed by atoms with Gasteiger partial charge in [0, 0.05) is 21.7 Å². The standard InChI is InChI=1S/C12H12BrCl2NO3S/c13-9-6-10(14)8(5-11(9)20(15,18)19)12(17)16-4-3-7-1-2-7/h5-7H,1-4H2,(H,16,17). The molecule has 1 amide bonds. The largest absolute Gasteiger partial charge is 0.352 e. The Morgan fingerprint density at radius 1 is 1.40 bits per heavy atom. The van der Waals surface area contributed by atoms with Crippen LogP contribution >= 0.6 is 38.2 Å². The van der Waals surface area contributed by atoms with E-state index in [0.29, 0.717) is 12.5 Å². The number of carbonyl (C=O) groups is 1. The van der Waals surface area contributed by atoms with Crippen molar-refractivity contribution in [1.29, 1.82) is 0 Å². The molecular weight excluding hydrogens is 389 g/mol. The Labute approximate surface area is 135 Å². The summed E-state index contributed by atoms with van der Waals surface area (Å²) in [7, 11) is 1.37. The molecule has 0 radical (unpaired) electrons. The van der Waals surface area contributed by atoms with Crippen LogP contribution in [0.1, 0.15) is 29.6 Å². The normalized spacial score (nSPS) is 15.2. The van der Waals surface area contributed by atoms with Crippen molar-refractivity contribution in [3.05, 3.63) is 27.2 Å². The van der Waals surface area contributed by atoms with Crippen molar-refractivity contribution in [3.63, 3.8) is 0 Å². The first kappa shape index (κ1) is 16.1. The summed E-state index contributed by atoms with van der Waals surface area (Å²) in [6, 6.07) is 2.54. The van der Waals surface area contributed by atoms with Crippen molar-refractivity contribution >= 4 is 53.2 Å². The number of benzene rings is 1. The van der Waals surface area contributed by atoms with Gasteiger partial charge in [-0.05, 0) is 40.4 Å². The van der Waals surface area contributed by atoms with Gasteiger partial charge in [0.2, 0.25) is 0 Å². The highest BCUT2D eigenvalue weighted by molar-refractivity contribution is 9.10. The number of amides is 1. The maximum absolute atomic E-state index is 12.0. The second-order valence-electron chi connectivity index (χ2n) is 4.69. The van der Waals surface area contributed by atoms with E-state index in [1.165, 1.54) is 25.0 Å². The number of halogens is 3. The summed E-state index contributed by atoms with van der Waals surface area (Å²) in [6.45, 7) is 0.554. The lowest BCUT2D eigenvalue weighted by atomic mass is 10.2. The molecule has 0 atom stereocenters. The van der Waals surface area contributed by atoms with E-state index in [1.54, 1.807) is 0 Å². The van der Waals surface area contributed by atoms with Gasteiger partial charge in [-0.2, -0.15) is 0 Å². The van der Waals surface area contributed by atoms with E-state index in [9.17, 15) is 13.2 Å². The van der Waals surface area contributed by atoms with E-state index in [2.05, 4.69) is 21.2 Å². The van der Waals surface area contributed by atoms with Crippen LogP contribution in [0.15, 0.2) is 21.5 Å². The minimum Gasteiger partial charge on any atom is -0.352 e. The molecule has 1 aromatic carbocycles. The van der Waals surface area contributed by atoms with Gasteiger partial charge in [-0.1, -0.05) is 24.4 Å². The van der Waals surface area contributed by atoms with Crippen molar-refractivity contribution in [2.75, 3.05) is 6.54 Å². The molecule has 4 nitrogen and oxygen atoms in total. The van der Waals surface area contributed by atoms with Gasteiger partial charge in [-0.25, -0.2) is 8.42 Å². The van der Waals surface area contributed by atoms with Gasteiger partial charge in [-0.15, -0.1) is 0 Å². The van der Waals surface area contributed by atoms with E-state index in [1.807, 2.05) is 0 Å². The summed E-state index contributed by atoms with van der Waals surface area (Å²) in [4.78, 5) is 11.8. The molecule has 0 saturated heterocycles. The molecule has 8 heteroatoms. The molecule has 1 fully saturated rings. The zero-order valence-corrected chi connectivity index (χ0v) is 14.2. The maximum atomic E-state index is 12.0. The van der Waals surface area contributed by atoms with Crippen LogP contribution in [0.25, 0.3) is 0 Å². The van der Waals surface area contributed by atoms with Crippen molar-refractivity contribution in [2.45, 2.75) is 24.2 Å². The minimum atomic E-state index is -3.94. The molecule has 110 valence electrons. The Morgan fingerprint density at radius 3 is 2.60 bits per heavy atom. The fourth-order valence-corrected chi connectivity index (χ4v) is 4.36. The number of carbonyl (C=O) groups excluding carboxylic acids is 1. The smallest absolute Gasteiger partial charge is 0.262 e. The van der Waals surface area contributed by atoms with Gasteiger partial charge in [0.1, 0.15) is 0 Å². The first-order chi connectivity index (χ1) is 9.29. The highest BCUT2D eigenvalue weighted by Crippen LogP contribution is 2.32. The monoisotopic (exact) mass is 399 g/mol. The summed E-state index contributed by atoms with van der Waals surface area (Å²) >= 11 is 9.04. The molecular formula is C12H12BrCl2NO3S. The number of hydrogen-bond acceptors (Lipinski definition) is 3. The van der Waals surface area contributed by atoms with Crippen molar-refractivity contribution in [1.82, 2.24) is 5.32 Å². The molecule has 1 aromatic rings. The van der Waals surface area contributed by atoms with Gasteiger partial charge in [0.05, 0.1) is 15.5 Å². The molecule has 0 aromatic heterocycles. The lowest BCUT2D eigenvalue weighted by Crippen LogP contribution is -2.25. The summed E-state index contributed by atoms with van der Waals surface area (Å²) in [5.41, 5.74) is 0.102. The molecule has 20 heavy (non-hydrogen) atoms. The highest BCUT2D eigenvalue weighted by atomic mass is 79.9. The number of nitrogens with one attached hydrogen (secondary N) is 1. The first-order valence-electron chi connectivity index (χ1n) is 6.01. The molecule has 0 spiro atoms. The van der Waals surface area contributed by atoms with Crippen LogP contribution in [-0.2, 0) is 9.05 Å². The van der Waals surface area contributed by atoms with E-state index < -0.39 is 15.0 Å². The summed E-state index contributed by atoms with van der Waals surface area (Å²) < 4.78 is 23.1. The second-order valence-corrected chi connectivity index (χ2v) is 8.48. The third-order valence-electron chi connectivity index (χ3n) is 3.06. The van der Waals surface area contributed by atoms with Gasteiger partial charge in [-0.3, -0.25) is 4.79 Å². The average molecular weight is 401 g/mol. The Balaban J connectivity index is 2.19. The molecule has 0 aliphatic heterocycles. The number of rotatable bonds is 5. The third-order valence-corrected chi connectivity index (χ3v) is 5.66.